The second-order valence-electron chi connectivity index (χ2n) is 2.09. The molecule has 0 amide bonds. The number of nitrogens with zero attached hydrogens (tertiary/aromatic N) is 2. The zero-order valence-corrected chi connectivity index (χ0v) is 6.41. The summed E-state index contributed by atoms with van der Waals surface area (Å²) in [6.45, 7) is 0.385. The maximum atomic E-state index is 5.41. The van der Waals surface area contributed by atoms with Crippen molar-refractivity contribution in [2.24, 2.45) is 0 Å². The lowest BCUT2D eigenvalue weighted by Crippen LogP contribution is -2.05. The van der Waals surface area contributed by atoms with Gasteiger partial charge in [0, 0.05) is 6.07 Å². The highest BCUT2D eigenvalue weighted by Crippen LogP contribution is 2.07. The predicted octanol–water partition coefficient (Wildman–Crippen LogP) is -0.314. The SMILES string of the molecule is C#CCNc1cc(N)nc(N)n1. The van der Waals surface area contributed by atoms with Gasteiger partial charge in [-0.25, -0.2) is 0 Å². The molecule has 0 aliphatic heterocycles. The van der Waals surface area contributed by atoms with E-state index in [1.54, 1.807) is 6.07 Å². The number of hydrogen-bond acceptors (Lipinski definition) is 5. The van der Waals surface area contributed by atoms with Crippen LogP contribution in [0.15, 0.2) is 6.07 Å². The van der Waals surface area contributed by atoms with E-state index in [9.17, 15) is 0 Å². The number of aromatic nitrogens is 2. The zero-order chi connectivity index (χ0) is 8.97. The van der Waals surface area contributed by atoms with Crippen LogP contribution in [0, 0.1) is 12.3 Å². The molecule has 12 heavy (non-hydrogen) atoms. The number of anilines is 3. The summed E-state index contributed by atoms with van der Waals surface area (Å²) in [5.41, 5.74) is 10.7. The van der Waals surface area contributed by atoms with Crippen molar-refractivity contribution in [1.82, 2.24) is 9.97 Å². The molecule has 1 aromatic rings. The third kappa shape index (κ3) is 2.02. The molecule has 0 spiro atoms. The minimum absolute atomic E-state index is 0.134. The summed E-state index contributed by atoms with van der Waals surface area (Å²) in [6, 6.07) is 1.56. The van der Waals surface area contributed by atoms with Gasteiger partial charge in [-0.15, -0.1) is 6.42 Å². The fraction of sp³-hybridized carbons (Fsp3) is 0.143. The summed E-state index contributed by atoms with van der Waals surface area (Å²) in [7, 11) is 0. The van der Waals surface area contributed by atoms with Crippen LogP contribution in [0.4, 0.5) is 17.6 Å². The Morgan fingerprint density at radius 2 is 2.25 bits per heavy atom. The molecule has 0 fully saturated rings. The summed E-state index contributed by atoms with van der Waals surface area (Å²) in [5, 5.41) is 2.83. The Balaban J connectivity index is 2.80. The third-order valence-electron chi connectivity index (χ3n) is 1.13. The highest BCUT2D eigenvalue weighted by atomic mass is 15.1. The van der Waals surface area contributed by atoms with E-state index in [4.69, 9.17) is 17.9 Å². The van der Waals surface area contributed by atoms with Crippen LogP contribution >= 0.6 is 0 Å². The summed E-state index contributed by atoms with van der Waals surface area (Å²) < 4.78 is 0. The maximum absolute atomic E-state index is 5.41. The molecule has 0 aliphatic rings. The van der Waals surface area contributed by atoms with Crippen molar-refractivity contribution in [2.45, 2.75) is 0 Å². The Kier molecular flexibility index (Phi) is 2.33. The van der Waals surface area contributed by atoms with Crippen LogP contribution in [0.2, 0.25) is 0 Å². The van der Waals surface area contributed by atoms with Gasteiger partial charge in [-0.05, 0) is 0 Å². The van der Waals surface area contributed by atoms with Crippen LogP contribution in [0.1, 0.15) is 0 Å². The van der Waals surface area contributed by atoms with Crippen LogP contribution in [0.25, 0.3) is 0 Å². The van der Waals surface area contributed by atoms with Crippen molar-refractivity contribution in [3.8, 4) is 12.3 Å². The minimum Gasteiger partial charge on any atom is -0.383 e. The van der Waals surface area contributed by atoms with Crippen molar-refractivity contribution < 1.29 is 0 Å². The number of nitrogens with one attached hydrogen (secondary N) is 1. The lowest BCUT2D eigenvalue weighted by atomic mass is 10.5. The molecule has 62 valence electrons. The Hall–Kier alpha value is -1.96. The molecule has 1 aromatic heterocycles. The van der Waals surface area contributed by atoms with Crippen molar-refractivity contribution in [2.75, 3.05) is 23.3 Å². The molecule has 0 atom stereocenters. The van der Waals surface area contributed by atoms with E-state index in [1.165, 1.54) is 0 Å². The molecular weight excluding hydrogens is 154 g/mol. The smallest absolute Gasteiger partial charge is 0.223 e. The van der Waals surface area contributed by atoms with E-state index in [0.717, 1.165) is 0 Å². The summed E-state index contributed by atoms with van der Waals surface area (Å²) >= 11 is 0. The fourth-order valence-corrected chi connectivity index (χ4v) is 0.717. The Labute approximate surface area is 70.2 Å². The van der Waals surface area contributed by atoms with Gasteiger partial charge in [0.1, 0.15) is 11.6 Å². The largest absolute Gasteiger partial charge is 0.383 e. The highest BCUT2D eigenvalue weighted by molar-refractivity contribution is 5.48. The van der Waals surface area contributed by atoms with Crippen LogP contribution < -0.4 is 16.8 Å². The number of nitrogens with two attached hydrogens (primary N) is 2. The molecule has 5 heteroatoms. The Bertz CT molecular complexity index is 294. The van der Waals surface area contributed by atoms with Gasteiger partial charge in [-0.3, -0.25) is 0 Å². The predicted molar refractivity (Wildman–Crippen MR) is 48.2 cm³/mol. The lowest BCUT2D eigenvalue weighted by Gasteiger charge is -2.02. The van der Waals surface area contributed by atoms with Crippen molar-refractivity contribution in [1.29, 1.82) is 0 Å². The van der Waals surface area contributed by atoms with Gasteiger partial charge in [0.15, 0.2) is 0 Å². The first-order chi connectivity index (χ1) is 5.72. The first-order valence-corrected chi connectivity index (χ1v) is 3.29. The second-order valence-corrected chi connectivity index (χ2v) is 2.09. The lowest BCUT2D eigenvalue weighted by molar-refractivity contribution is 1.17. The van der Waals surface area contributed by atoms with Gasteiger partial charge in [0.25, 0.3) is 0 Å². The van der Waals surface area contributed by atoms with Gasteiger partial charge in [0.05, 0.1) is 6.54 Å². The summed E-state index contributed by atoms with van der Waals surface area (Å²) in [4.78, 5) is 7.55. The normalized spacial score (nSPS) is 8.92. The van der Waals surface area contributed by atoms with Crippen molar-refractivity contribution in [3.05, 3.63) is 6.07 Å². The van der Waals surface area contributed by atoms with Crippen LogP contribution in [-0.4, -0.2) is 16.5 Å². The molecule has 0 aromatic carbocycles. The van der Waals surface area contributed by atoms with Crippen LogP contribution in [0.3, 0.4) is 0 Å². The molecule has 0 saturated heterocycles. The number of nitrogen functional groups attached to an aromatic ring is 2. The van der Waals surface area contributed by atoms with E-state index < -0.39 is 0 Å². The van der Waals surface area contributed by atoms with Gasteiger partial charge in [-0.2, -0.15) is 9.97 Å². The maximum Gasteiger partial charge on any atom is 0.223 e. The number of terminal acetylenes is 1. The molecule has 0 radical (unpaired) electrons. The molecule has 0 unspecified atom stereocenters. The van der Waals surface area contributed by atoms with Gasteiger partial charge >= 0.3 is 0 Å². The summed E-state index contributed by atoms with van der Waals surface area (Å²) in [6.07, 6.45) is 5.03. The third-order valence-corrected chi connectivity index (χ3v) is 1.13. The van der Waals surface area contributed by atoms with E-state index in [1.807, 2.05) is 0 Å². The van der Waals surface area contributed by atoms with Gasteiger partial charge < -0.3 is 16.8 Å². The molecular formula is C7H9N5. The molecule has 0 aliphatic carbocycles. The quantitative estimate of drug-likeness (QED) is 0.520. The summed E-state index contributed by atoms with van der Waals surface area (Å²) in [5.74, 6) is 3.40. The first kappa shape index (κ1) is 8.14. The molecule has 5 N–H and O–H groups in total. The second kappa shape index (κ2) is 3.44. The van der Waals surface area contributed by atoms with E-state index in [0.29, 0.717) is 18.2 Å². The highest BCUT2D eigenvalue weighted by Gasteiger charge is 1.96. The average Bonchev–Trinajstić information content (AvgIpc) is 1.99. The Morgan fingerprint density at radius 1 is 1.50 bits per heavy atom. The number of rotatable bonds is 2. The molecule has 1 heterocycles. The van der Waals surface area contributed by atoms with Gasteiger partial charge in [-0.1, -0.05) is 5.92 Å². The van der Waals surface area contributed by atoms with E-state index >= 15 is 0 Å². The standard InChI is InChI=1S/C7H9N5/c1-2-3-10-6-4-5(8)11-7(9)12-6/h1,4H,3H2,(H5,8,9,10,11,12). The Morgan fingerprint density at radius 3 is 2.83 bits per heavy atom. The van der Waals surface area contributed by atoms with E-state index in [-0.39, 0.29) is 5.95 Å². The van der Waals surface area contributed by atoms with Crippen molar-refractivity contribution in [3.63, 3.8) is 0 Å². The number of hydrogen-bond donors (Lipinski definition) is 3. The fourth-order valence-electron chi connectivity index (χ4n) is 0.717. The average molecular weight is 163 g/mol. The molecule has 0 saturated carbocycles. The zero-order valence-electron chi connectivity index (χ0n) is 6.41. The molecule has 0 bridgehead atoms. The van der Waals surface area contributed by atoms with Crippen LogP contribution in [-0.2, 0) is 0 Å². The molecule has 5 nitrogen and oxygen atoms in total. The van der Waals surface area contributed by atoms with Crippen LogP contribution in [0.5, 0.6) is 0 Å². The first-order valence-electron chi connectivity index (χ1n) is 3.29. The monoisotopic (exact) mass is 163 g/mol. The molecule has 1 rings (SSSR count). The van der Waals surface area contributed by atoms with Gasteiger partial charge in [0.2, 0.25) is 5.95 Å². The van der Waals surface area contributed by atoms with E-state index in [2.05, 4.69) is 21.2 Å². The minimum atomic E-state index is 0.134. The topological polar surface area (TPSA) is 89.8 Å². The van der Waals surface area contributed by atoms with Crippen molar-refractivity contribution >= 4 is 17.6 Å².